The number of benzene rings is 3. The molecule has 30 heavy (non-hydrogen) atoms. The fourth-order valence-electron chi connectivity index (χ4n) is 4.43. The number of hydrogen-bond acceptors (Lipinski definition) is 2. The number of hydrogen-bond donors (Lipinski definition) is 0. The molecule has 1 amide bonds. The van der Waals surface area contributed by atoms with E-state index in [-0.39, 0.29) is 17.9 Å². The predicted octanol–water partition coefficient (Wildman–Crippen LogP) is 4.94. The second-order valence-electron chi connectivity index (χ2n) is 8.25. The number of rotatable bonds is 7. The van der Waals surface area contributed by atoms with Crippen LogP contribution in [0.15, 0.2) is 91.0 Å². The number of carbonyl (C=O) groups is 1. The van der Waals surface area contributed by atoms with E-state index in [0.29, 0.717) is 6.42 Å². The van der Waals surface area contributed by atoms with E-state index in [1.54, 1.807) is 0 Å². The molecule has 0 unspecified atom stereocenters. The highest BCUT2D eigenvalue weighted by Gasteiger charge is 2.30. The van der Waals surface area contributed by atoms with Crippen LogP contribution in [0.2, 0.25) is 0 Å². The molecule has 0 N–H and O–H groups in total. The van der Waals surface area contributed by atoms with E-state index < -0.39 is 0 Å². The van der Waals surface area contributed by atoms with Gasteiger partial charge in [0.05, 0.1) is 0 Å². The lowest BCUT2D eigenvalue weighted by Gasteiger charge is -2.27. The van der Waals surface area contributed by atoms with Crippen LogP contribution in [-0.2, 0) is 11.3 Å². The minimum atomic E-state index is 0.0872. The van der Waals surface area contributed by atoms with Gasteiger partial charge in [0, 0.05) is 45.1 Å². The fraction of sp³-hybridized carbons (Fsp3) is 0.296. The highest BCUT2D eigenvalue weighted by atomic mass is 16.2. The number of carbonyl (C=O) groups excluding carboxylic acids is 1. The Hall–Kier alpha value is -2.91. The van der Waals surface area contributed by atoms with Crippen LogP contribution in [0, 0.1) is 0 Å². The summed E-state index contributed by atoms with van der Waals surface area (Å²) in [6, 6.07) is 31.6. The van der Waals surface area contributed by atoms with Gasteiger partial charge in [0.15, 0.2) is 0 Å². The van der Waals surface area contributed by atoms with Crippen LogP contribution < -0.4 is 0 Å². The fourth-order valence-corrected chi connectivity index (χ4v) is 4.43. The van der Waals surface area contributed by atoms with Crippen LogP contribution in [0.25, 0.3) is 0 Å². The molecule has 1 saturated heterocycles. The summed E-state index contributed by atoms with van der Waals surface area (Å²) in [6.45, 7) is 2.94. The summed E-state index contributed by atoms with van der Waals surface area (Å²) >= 11 is 0. The Bertz CT molecular complexity index is 887. The average Bonchev–Trinajstić information content (AvgIpc) is 3.27. The van der Waals surface area contributed by atoms with Crippen molar-refractivity contribution in [2.75, 3.05) is 20.1 Å². The third-order valence-electron chi connectivity index (χ3n) is 6.22. The van der Waals surface area contributed by atoms with E-state index in [4.69, 9.17) is 0 Å². The molecule has 3 aromatic rings. The van der Waals surface area contributed by atoms with Crippen LogP contribution in [0.5, 0.6) is 0 Å². The first kappa shape index (κ1) is 20.4. The maximum Gasteiger partial charge on any atom is 0.223 e. The van der Waals surface area contributed by atoms with Crippen LogP contribution >= 0.6 is 0 Å². The van der Waals surface area contributed by atoms with Crippen molar-refractivity contribution >= 4 is 5.91 Å². The molecule has 0 radical (unpaired) electrons. The molecular formula is C27H30N2O. The summed E-state index contributed by atoms with van der Waals surface area (Å²) in [7, 11) is 1.98. The number of nitrogens with zero attached hydrogens (tertiary/aromatic N) is 2. The molecule has 0 aliphatic carbocycles. The molecule has 0 bridgehead atoms. The summed E-state index contributed by atoms with van der Waals surface area (Å²) in [4.78, 5) is 17.7. The van der Waals surface area contributed by atoms with Gasteiger partial charge in [-0.1, -0.05) is 91.0 Å². The quantitative estimate of drug-likeness (QED) is 0.563. The third kappa shape index (κ3) is 4.98. The van der Waals surface area contributed by atoms with Gasteiger partial charge >= 0.3 is 0 Å². The zero-order chi connectivity index (χ0) is 20.8. The SMILES string of the molecule is CN(C(=O)CC(c1ccccc1)c1ccccc1)[C@@H]1CCN(Cc2ccccc2)C1. The second kappa shape index (κ2) is 9.73. The number of likely N-dealkylation sites (N-methyl/N-ethyl adjacent to an activating group) is 1. The smallest absolute Gasteiger partial charge is 0.223 e. The van der Waals surface area contributed by atoms with Gasteiger partial charge < -0.3 is 4.90 Å². The number of amides is 1. The molecule has 1 aliphatic rings. The Morgan fingerprint density at radius 2 is 1.43 bits per heavy atom. The zero-order valence-corrected chi connectivity index (χ0v) is 17.7. The van der Waals surface area contributed by atoms with Crippen molar-refractivity contribution < 1.29 is 4.79 Å². The first-order valence-corrected chi connectivity index (χ1v) is 10.8. The Labute approximate surface area is 180 Å². The van der Waals surface area contributed by atoms with Gasteiger partial charge in [-0.2, -0.15) is 0 Å². The molecule has 3 aromatic carbocycles. The molecule has 3 nitrogen and oxygen atoms in total. The summed E-state index contributed by atoms with van der Waals surface area (Å²) in [5, 5.41) is 0. The Morgan fingerprint density at radius 1 is 0.900 bits per heavy atom. The Morgan fingerprint density at radius 3 is 2.00 bits per heavy atom. The first-order valence-electron chi connectivity index (χ1n) is 10.8. The standard InChI is InChI=1S/C27H30N2O/c1-28(25-17-18-29(21-25)20-22-11-5-2-6-12-22)27(30)19-26(23-13-7-3-8-14-23)24-15-9-4-10-16-24/h2-16,25-26H,17-21H2,1H3/t25-/m1/s1. The van der Waals surface area contributed by atoms with Crippen molar-refractivity contribution in [2.45, 2.75) is 31.3 Å². The van der Waals surface area contributed by atoms with Crippen molar-refractivity contribution in [1.29, 1.82) is 0 Å². The molecule has 0 aromatic heterocycles. The average molecular weight is 399 g/mol. The van der Waals surface area contributed by atoms with E-state index in [0.717, 1.165) is 26.1 Å². The molecule has 0 spiro atoms. The highest BCUT2D eigenvalue weighted by molar-refractivity contribution is 5.78. The first-order chi connectivity index (χ1) is 14.7. The molecule has 1 heterocycles. The van der Waals surface area contributed by atoms with Crippen molar-refractivity contribution in [1.82, 2.24) is 9.80 Å². The van der Waals surface area contributed by atoms with Gasteiger partial charge in [-0.25, -0.2) is 0 Å². The lowest BCUT2D eigenvalue weighted by molar-refractivity contribution is -0.132. The second-order valence-corrected chi connectivity index (χ2v) is 8.25. The summed E-state index contributed by atoms with van der Waals surface area (Å²) < 4.78 is 0. The van der Waals surface area contributed by atoms with Crippen molar-refractivity contribution in [3.63, 3.8) is 0 Å². The maximum atomic E-state index is 13.3. The lowest BCUT2D eigenvalue weighted by atomic mass is 9.88. The zero-order valence-electron chi connectivity index (χ0n) is 17.7. The van der Waals surface area contributed by atoms with Crippen molar-refractivity contribution in [3.05, 3.63) is 108 Å². The lowest BCUT2D eigenvalue weighted by Crippen LogP contribution is -2.39. The minimum Gasteiger partial charge on any atom is -0.341 e. The maximum absolute atomic E-state index is 13.3. The molecule has 1 atom stereocenters. The van der Waals surface area contributed by atoms with E-state index in [1.807, 2.05) is 24.1 Å². The van der Waals surface area contributed by atoms with Crippen LogP contribution in [0.4, 0.5) is 0 Å². The van der Waals surface area contributed by atoms with Crippen molar-refractivity contribution in [3.8, 4) is 0 Å². The van der Waals surface area contributed by atoms with Crippen LogP contribution in [0.3, 0.4) is 0 Å². The van der Waals surface area contributed by atoms with Gasteiger partial charge in [0.1, 0.15) is 0 Å². The highest BCUT2D eigenvalue weighted by Crippen LogP contribution is 2.29. The predicted molar refractivity (Wildman–Crippen MR) is 122 cm³/mol. The third-order valence-corrected chi connectivity index (χ3v) is 6.22. The van der Waals surface area contributed by atoms with E-state index >= 15 is 0 Å². The monoisotopic (exact) mass is 398 g/mol. The molecule has 3 heteroatoms. The molecular weight excluding hydrogens is 368 g/mol. The van der Waals surface area contributed by atoms with Crippen molar-refractivity contribution in [2.24, 2.45) is 0 Å². The van der Waals surface area contributed by atoms with E-state index in [9.17, 15) is 4.79 Å². The molecule has 0 saturated carbocycles. The van der Waals surface area contributed by atoms with Gasteiger partial charge in [-0.05, 0) is 23.1 Å². The molecule has 4 rings (SSSR count). The molecule has 154 valence electrons. The molecule has 1 fully saturated rings. The number of likely N-dealkylation sites (tertiary alicyclic amines) is 1. The van der Waals surface area contributed by atoms with Gasteiger partial charge in [-0.15, -0.1) is 0 Å². The molecule has 1 aliphatic heterocycles. The van der Waals surface area contributed by atoms with E-state index in [1.165, 1.54) is 16.7 Å². The Balaban J connectivity index is 1.41. The normalized spacial score (nSPS) is 16.7. The van der Waals surface area contributed by atoms with E-state index in [2.05, 4.69) is 83.8 Å². The van der Waals surface area contributed by atoms with Crippen LogP contribution in [-0.4, -0.2) is 41.9 Å². The topological polar surface area (TPSA) is 23.6 Å². The summed E-state index contributed by atoms with van der Waals surface area (Å²) in [6.07, 6.45) is 1.54. The largest absolute Gasteiger partial charge is 0.341 e. The van der Waals surface area contributed by atoms with Gasteiger partial charge in [0.2, 0.25) is 5.91 Å². The van der Waals surface area contributed by atoms with Gasteiger partial charge in [0.25, 0.3) is 0 Å². The Kier molecular flexibility index (Phi) is 6.60. The van der Waals surface area contributed by atoms with Gasteiger partial charge in [-0.3, -0.25) is 9.69 Å². The summed E-state index contributed by atoms with van der Waals surface area (Å²) in [5.74, 6) is 0.309. The minimum absolute atomic E-state index is 0.0872. The summed E-state index contributed by atoms with van der Waals surface area (Å²) in [5.41, 5.74) is 3.73. The van der Waals surface area contributed by atoms with Crippen LogP contribution in [0.1, 0.15) is 35.4 Å².